The van der Waals surface area contributed by atoms with E-state index in [2.05, 4.69) is 20.5 Å². The number of aliphatic hydroxyl groups excluding tert-OH is 1. The number of pyridine rings is 1. The van der Waals surface area contributed by atoms with Crippen LogP contribution in [0.4, 0.5) is 11.4 Å². The Hall–Kier alpha value is -2.93. The molecule has 0 bridgehead atoms. The van der Waals surface area contributed by atoms with Crippen molar-refractivity contribution in [3.63, 3.8) is 0 Å². The molecule has 0 spiro atoms. The number of rotatable bonds is 3. The van der Waals surface area contributed by atoms with Crippen LogP contribution in [0.15, 0.2) is 42.7 Å². The van der Waals surface area contributed by atoms with Crippen LogP contribution in [0.5, 0.6) is 0 Å². The molecule has 1 aromatic carbocycles. The van der Waals surface area contributed by atoms with Crippen LogP contribution in [0.1, 0.15) is 23.3 Å². The van der Waals surface area contributed by atoms with Crippen molar-refractivity contribution in [2.24, 2.45) is 0 Å². The Morgan fingerprint density at radius 3 is 3.04 bits per heavy atom. The summed E-state index contributed by atoms with van der Waals surface area (Å²) in [5.41, 5.74) is 3.05. The van der Waals surface area contributed by atoms with Crippen LogP contribution in [0.3, 0.4) is 0 Å². The predicted molar refractivity (Wildman–Crippen MR) is 94.8 cm³/mol. The van der Waals surface area contributed by atoms with Crippen LogP contribution in [0, 0.1) is 0 Å². The van der Waals surface area contributed by atoms with Gasteiger partial charge < -0.3 is 15.3 Å². The average Bonchev–Trinajstić information content (AvgIpc) is 3.09. The summed E-state index contributed by atoms with van der Waals surface area (Å²) in [6, 6.07) is 9.45. The molecule has 128 valence electrons. The molecule has 7 heteroatoms. The van der Waals surface area contributed by atoms with E-state index in [0.717, 1.165) is 35.1 Å². The van der Waals surface area contributed by atoms with Gasteiger partial charge in [0.15, 0.2) is 0 Å². The van der Waals surface area contributed by atoms with Crippen molar-refractivity contribution in [3.05, 3.63) is 48.4 Å². The first-order chi connectivity index (χ1) is 12.2. The van der Waals surface area contributed by atoms with Gasteiger partial charge in [-0.3, -0.25) is 14.9 Å². The van der Waals surface area contributed by atoms with Crippen molar-refractivity contribution in [2.75, 3.05) is 18.4 Å². The van der Waals surface area contributed by atoms with Gasteiger partial charge in [0.25, 0.3) is 5.91 Å². The number of hydrogen-bond acceptors (Lipinski definition) is 5. The number of carbonyl (C=O) groups excluding carboxylic acids is 1. The monoisotopic (exact) mass is 337 g/mol. The maximum atomic E-state index is 12.6. The number of aromatic nitrogens is 3. The maximum absolute atomic E-state index is 12.6. The number of anilines is 2. The molecule has 0 radical (unpaired) electrons. The molecule has 1 aliphatic rings. The number of carbonyl (C=O) groups is 1. The fourth-order valence-corrected chi connectivity index (χ4v) is 3.11. The summed E-state index contributed by atoms with van der Waals surface area (Å²) in [6.45, 7) is 1.03. The molecule has 0 saturated carbocycles. The minimum absolute atomic E-state index is 0.146. The molecule has 1 aliphatic heterocycles. The van der Waals surface area contributed by atoms with Gasteiger partial charge in [0, 0.05) is 36.0 Å². The van der Waals surface area contributed by atoms with Crippen molar-refractivity contribution in [3.8, 4) is 0 Å². The number of aromatic amines is 1. The average molecular weight is 337 g/mol. The molecule has 1 amide bonds. The number of aliphatic hydroxyl groups is 1. The molecule has 3 aromatic rings. The van der Waals surface area contributed by atoms with E-state index in [-0.39, 0.29) is 5.91 Å². The number of piperidine rings is 1. The van der Waals surface area contributed by atoms with Crippen LogP contribution in [-0.4, -0.2) is 50.3 Å². The Labute approximate surface area is 144 Å². The lowest BCUT2D eigenvalue weighted by molar-refractivity contribution is 0.0469. The first-order valence-corrected chi connectivity index (χ1v) is 8.32. The highest BCUT2D eigenvalue weighted by Crippen LogP contribution is 2.22. The van der Waals surface area contributed by atoms with Gasteiger partial charge in [0.05, 0.1) is 17.8 Å². The molecule has 3 N–H and O–H groups in total. The van der Waals surface area contributed by atoms with E-state index in [4.69, 9.17) is 0 Å². The summed E-state index contributed by atoms with van der Waals surface area (Å²) in [5, 5.41) is 21.0. The van der Waals surface area contributed by atoms with Crippen LogP contribution in [0.25, 0.3) is 10.9 Å². The van der Waals surface area contributed by atoms with E-state index in [9.17, 15) is 9.90 Å². The first-order valence-electron chi connectivity index (χ1n) is 8.32. The minimum atomic E-state index is -0.444. The number of nitrogens with one attached hydrogen (secondary N) is 2. The van der Waals surface area contributed by atoms with Crippen molar-refractivity contribution in [2.45, 2.75) is 18.9 Å². The summed E-state index contributed by atoms with van der Waals surface area (Å²) in [6.07, 6.45) is 4.50. The normalized spacial score (nSPS) is 17.6. The van der Waals surface area contributed by atoms with Gasteiger partial charge in [-0.1, -0.05) is 0 Å². The molecule has 2 aromatic heterocycles. The van der Waals surface area contributed by atoms with E-state index in [0.29, 0.717) is 18.8 Å². The Kier molecular flexibility index (Phi) is 4.07. The first kappa shape index (κ1) is 15.6. The fraction of sp³-hybridized carbons (Fsp3) is 0.278. The van der Waals surface area contributed by atoms with Gasteiger partial charge >= 0.3 is 0 Å². The number of benzene rings is 1. The minimum Gasteiger partial charge on any atom is -0.391 e. The Morgan fingerprint density at radius 2 is 2.16 bits per heavy atom. The highest BCUT2D eigenvalue weighted by molar-refractivity contribution is 5.93. The highest BCUT2D eigenvalue weighted by Gasteiger charge is 2.23. The fourth-order valence-electron chi connectivity index (χ4n) is 3.11. The van der Waals surface area contributed by atoms with Gasteiger partial charge in [0.1, 0.15) is 5.69 Å². The Morgan fingerprint density at radius 1 is 1.28 bits per heavy atom. The third-order valence-corrected chi connectivity index (χ3v) is 4.39. The molecule has 1 atom stereocenters. The zero-order valence-electron chi connectivity index (χ0n) is 13.6. The topological polar surface area (TPSA) is 94.1 Å². The Balaban J connectivity index is 1.53. The molecule has 25 heavy (non-hydrogen) atoms. The number of hydrogen-bond donors (Lipinski definition) is 3. The molecule has 1 unspecified atom stereocenters. The second-order valence-electron chi connectivity index (χ2n) is 6.27. The molecule has 7 nitrogen and oxygen atoms in total. The lowest BCUT2D eigenvalue weighted by atomic mass is 10.1. The quantitative estimate of drug-likeness (QED) is 0.682. The maximum Gasteiger partial charge on any atom is 0.272 e. The molecule has 1 saturated heterocycles. The van der Waals surface area contributed by atoms with Crippen molar-refractivity contribution in [1.29, 1.82) is 0 Å². The standard InChI is InChI=1S/C18H19N5O2/c24-15-2-1-7-23(11-15)18(25)17-9-14(5-6-19-17)21-13-3-4-16-12(8-13)10-20-22-16/h3-6,8-10,15,24H,1-2,7,11H2,(H,19,21)(H,20,22). The van der Waals surface area contributed by atoms with Crippen molar-refractivity contribution < 1.29 is 9.90 Å². The number of β-amino-alcohol motifs (C(OH)–C–C–N with tert-alkyl or cyclic N) is 1. The zero-order valence-corrected chi connectivity index (χ0v) is 13.6. The van der Waals surface area contributed by atoms with Crippen molar-refractivity contribution in [1.82, 2.24) is 20.1 Å². The van der Waals surface area contributed by atoms with Crippen LogP contribution < -0.4 is 5.32 Å². The molecule has 1 fully saturated rings. The summed E-state index contributed by atoms with van der Waals surface area (Å²) < 4.78 is 0. The predicted octanol–water partition coefficient (Wildman–Crippen LogP) is 2.30. The third kappa shape index (κ3) is 3.32. The number of likely N-dealkylation sites (tertiary alicyclic amines) is 1. The summed E-state index contributed by atoms with van der Waals surface area (Å²) in [4.78, 5) is 18.5. The van der Waals surface area contributed by atoms with Crippen LogP contribution in [-0.2, 0) is 0 Å². The summed E-state index contributed by atoms with van der Waals surface area (Å²) in [5.74, 6) is -0.146. The highest BCUT2D eigenvalue weighted by atomic mass is 16.3. The van der Waals surface area contributed by atoms with Gasteiger partial charge in [-0.2, -0.15) is 5.10 Å². The number of fused-ring (bicyclic) bond motifs is 1. The molecule has 0 aliphatic carbocycles. The number of amides is 1. The van der Waals surface area contributed by atoms with Gasteiger partial charge in [-0.15, -0.1) is 0 Å². The number of H-pyrrole nitrogens is 1. The van der Waals surface area contributed by atoms with E-state index < -0.39 is 6.10 Å². The lowest BCUT2D eigenvalue weighted by Gasteiger charge is -2.29. The molecular weight excluding hydrogens is 318 g/mol. The van der Waals surface area contributed by atoms with Crippen LogP contribution in [0.2, 0.25) is 0 Å². The smallest absolute Gasteiger partial charge is 0.272 e. The number of nitrogens with zero attached hydrogens (tertiary/aromatic N) is 3. The summed E-state index contributed by atoms with van der Waals surface area (Å²) in [7, 11) is 0. The van der Waals surface area contributed by atoms with E-state index >= 15 is 0 Å². The SMILES string of the molecule is O=C(c1cc(Nc2ccc3[nH]ncc3c2)ccn1)N1CCCC(O)C1. The largest absolute Gasteiger partial charge is 0.391 e. The lowest BCUT2D eigenvalue weighted by Crippen LogP contribution is -2.42. The van der Waals surface area contributed by atoms with E-state index in [1.54, 1.807) is 23.4 Å². The second-order valence-corrected chi connectivity index (χ2v) is 6.27. The van der Waals surface area contributed by atoms with Crippen LogP contribution >= 0.6 is 0 Å². The van der Waals surface area contributed by atoms with Crippen molar-refractivity contribution >= 4 is 28.2 Å². The van der Waals surface area contributed by atoms with E-state index in [1.807, 2.05) is 24.3 Å². The van der Waals surface area contributed by atoms with Gasteiger partial charge in [-0.25, -0.2) is 0 Å². The van der Waals surface area contributed by atoms with Gasteiger partial charge in [-0.05, 0) is 43.2 Å². The molecule has 4 rings (SSSR count). The third-order valence-electron chi connectivity index (χ3n) is 4.39. The zero-order chi connectivity index (χ0) is 17.2. The van der Waals surface area contributed by atoms with Gasteiger partial charge in [0.2, 0.25) is 0 Å². The van der Waals surface area contributed by atoms with E-state index in [1.165, 1.54) is 0 Å². The molecule has 3 heterocycles. The molecular formula is C18H19N5O2. The summed E-state index contributed by atoms with van der Waals surface area (Å²) >= 11 is 0. The Bertz CT molecular complexity index is 907. The second kappa shape index (κ2) is 6.52.